The van der Waals surface area contributed by atoms with Crippen LogP contribution in [0.1, 0.15) is 61.4 Å². The summed E-state index contributed by atoms with van der Waals surface area (Å²) in [6.07, 6.45) is 8.70. The summed E-state index contributed by atoms with van der Waals surface area (Å²) in [6, 6.07) is 11.0. The molecule has 2 saturated heterocycles. The van der Waals surface area contributed by atoms with E-state index in [-0.39, 0.29) is 17.5 Å². The zero-order chi connectivity index (χ0) is 32.6. The first-order valence-corrected chi connectivity index (χ1v) is 16.5. The predicted molar refractivity (Wildman–Crippen MR) is 173 cm³/mol. The van der Waals surface area contributed by atoms with Gasteiger partial charge in [0.15, 0.2) is 11.2 Å². The summed E-state index contributed by atoms with van der Waals surface area (Å²) in [6.45, 7) is 3.98. The normalized spacial score (nSPS) is 20.1. The molecule has 3 fully saturated rings. The number of aromatic nitrogens is 7. The van der Waals surface area contributed by atoms with Gasteiger partial charge in [-0.1, -0.05) is 6.07 Å². The molecule has 6 aromatic rings. The third kappa shape index (κ3) is 4.54. The fraction of sp³-hybridized carbons (Fsp3) is 0.400. The van der Waals surface area contributed by atoms with Crippen molar-refractivity contribution >= 4 is 22.1 Å². The second-order valence-corrected chi connectivity index (χ2v) is 13.3. The van der Waals surface area contributed by atoms with Gasteiger partial charge >= 0.3 is 5.76 Å². The lowest BCUT2D eigenvalue weighted by Crippen LogP contribution is -2.42. The third-order valence-electron chi connectivity index (χ3n) is 10.5. The number of nitriles is 1. The maximum absolute atomic E-state index is 14.1. The Morgan fingerprint density at radius 3 is 2.62 bits per heavy atom. The molecule has 4 aliphatic rings. The minimum Gasteiger partial charge on any atom is -0.421 e. The van der Waals surface area contributed by atoms with Gasteiger partial charge in [-0.15, -0.1) is 10.2 Å². The first kappa shape index (κ1) is 28.8. The van der Waals surface area contributed by atoms with E-state index >= 15 is 0 Å². The maximum atomic E-state index is 14.1. The van der Waals surface area contributed by atoms with E-state index in [1.54, 1.807) is 29.8 Å². The molecule has 1 saturated carbocycles. The van der Waals surface area contributed by atoms with Crippen LogP contribution in [0, 0.1) is 23.7 Å². The Kier molecular flexibility index (Phi) is 6.52. The number of nitrogens with zero attached hydrogens (tertiary/aromatic N) is 8. The Labute approximate surface area is 273 Å². The van der Waals surface area contributed by atoms with E-state index in [4.69, 9.17) is 23.8 Å². The van der Waals surface area contributed by atoms with Crippen molar-refractivity contribution in [3.8, 4) is 28.7 Å². The molecule has 242 valence electrons. The van der Waals surface area contributed by atoms with E-state index in [2.05, 4.69) is 21.3 Å². The van der Waals surface area contributed by atoms with Crippen molar-refractivity contribution in [1.29, 1.82) is 5.26 Å². The molecule has 2 bridgehead atoms. The van der Waals surface area contributed by atoms with Gasteiger partial charge in [0.05, 0.1) is 52.7 Å². The van der Waals surface area contributed by atoms with E-state index in [1.165, 1.54) is 10.8 Å². The molecule has 1 aliphatic carbocycles. The quantitative estimate of drug-likeness (QED) is 0.237. The molecule has 13 nitrogen and oxygen atoms in total. The number of ether oxygens (including phenoxy) is 1. The molecule has 0 N–H and O–H groups in total. The Balaban J connectivity index is 1.22. The summed E-state index contributed by atoms with van der Waals surface area (Å²) in [5.41, 5.74) is 5.36. The van der Waals surface area contributed by atoms with Crippen LogP contribution in [-0.4, -0.2) is 46.8 Å². The van der Waals surface area contributed by atoms with Gasteiger partial charge in [-0.05, 0) is 80.2 Å². The van der Waals surface area contributed by atoms with E-state index in [0.717, 1.165) is 50.8 Å². The van der Waals surface area contributed by atoms with Gasteiger partial charge in [0, 0.05) is 31.8 Å². The fourth-order valence-corrected chi connectivity index (χ4v) is 7.91. The van der Waals surface area contributed by atoms with Crippen LogP contribution in [0.4, 0.5) is 0 Å². The van der Waals surface area contributed by atoms with Gasteiger partial charge in [-0.3, -0.25) is 19.0 Å². The molecule has 0 atom stereocenters. The number of pyridine rings is 2. The van der Waals surface area contributed by atoms with Crippen LogP contribution < -0.4 is 11.3 Å². The lowest BCUT2D eigenvalue weighted by molar-refractivity contribution is -0.117. The first-order chi connectivity index (χ1) is 23.4. The van der Waals surface area contributed by atoms with Crippen LogP contribution in [0.3, 0.4) is 0 Å². The Morgan fingerprint density at radius 1 is 1.04 bits per heavy atom. The predicted octanol–water partition coefficient (Wildman–Crippen LogP) is 4.74. The number of benzene rings is 1. The van der Waals surface area contributed by atoms with Gasteiger partial charge in [-0.2, -0.15) is 5.26 Å². The van der Waals surface area contributed by atoms with E-state index in [0.29, 0.717) is 87.5 Å². The Bertz CT molecular complexity index is 2380. The summed E-state index contributed by atoms with van der Waals surface area (Å²) in [5, 5.41) is 18.2. The van der Waals surface area contributed by atoms with Crippen LogP contribution in [0.2, 0.25) is 0 Å². The number of rotatable bonds is 7. The first-order valence-electron chi connectivity index (χ1n) is 16.5. The van der Waals surface area contributed by atoms with Crippen LogP contribution >= 0.6 is 0 Å². The lowest BCUT2D eigenvalue weighted by Gasteiger charge is -2.46. The molecular weight excluding hydrogens is 612 g/mol. The second-order valence-electron chi connectivity index (χ2n) is 13.3. The molecule has 8 heterocycles. The van der Waals surface area contributed by atoms with Crippen molar-refractivity contribution in [1.82, 2.24) is 34.1 Å². The van der Waals surface area contributed by atoms with Gasteiger partial charge < -0.3 is 13.6 Å². The summed E-state index contributed by atoms with van der Waals surface area (Å²) < 4.78 is 23.3. The van der Waals surface area contributed by atoms with Crippen molar-refractivity contribution in [2.24, 2.45) is 5.41 Å². The molecule has 0 unspecified atom stereocenters. The highest BCUT2D eigenvalue weighted by Gasteiger charge is 2.41. The molecule has 0 radical (unpaired) electrons. The van der Waals surface area contributed by atoms with Crippen molar-refractivity contribution in [2.75, 3.05) is 6.61 Å². The molecule has 1 aromatic carbocycles. The largest absolute Gasteiger partial charge is 0.421 e. The van der Waals surface area contributed by atoms with Crippen LogP contribution in [-0.2, 0) is 30.8 Å². The van der Waals surface area contributed by atoms with Gasteiger partial charge in [0.1, 0.15) is 6.07 Å². The molecule has 48 heavy (non-hydrogen) atoms. The second kappa shape index (κ2) is 10.8. The van der Waals surface area contributed by atoms with Crippen molar-refractivity contribution in [2.45, 2.75) is 77.6 Å². The van der Waals surface area contributed by atoms with Gasteiger partial charge in [0.2, 0.25) is 11.8 Å². The minimum atomic E-state index is -0.534. The minimum absolute atomic E-state index is 0.0994. The number of aryl methyl sites for hydroxylation is 3. The smallest absolute Gasteiger partial charge is 0.420 e. The molecular formula is C35H32N8O5. The average Bonchev–Trinajstić information content (AvgIpc) is 3.90. The summed E-state index contributed by atoms with van der Waals surface area (Å²) >= 11 is 0. The fourth-order valence-electron chi connectivity index (χ4n) is 7.91. The van der Waals surface area contributed by atoms with E-state index < -0.39 is 5.76 Å². The zero-order valence-corrected chi connectivity index (χ0v) is 26.4. The Hall–Kier alpha value is -5.35. The van der Waals surface area contributed by atoms with E-state index in [9.17, 15) is 9.59 Å². The van der Waals surface area contributed by atoms with Crippen molar-refractivity contribution in [3.63, 3.8) is 0 Å². The average molecular weight is 645 g/mol. The summed E-state index contributed by atoms with van der Waals surface area (Å²) in [7, 11) is 0. The SMILES string of the molecule is Cc1nnc(-c2c(CCC34CCC(CC3)OC4)nc3c(c2-c2ccc4c(c2)oc(=O)n4Cc2ccc(C#N)cn2)c(=O)n2n3CCC2)o1. The number of fused-ring (bicyclic) bond motifs is 7. The number of oxazole rings is 1. The molecule has 0 spiro atoms. The van der Waals surface area contributed by atoms with Crippen molar-refractivity contribution in [3.05, 3.63) is 80.3 Å². The zero-order valence-electron chi connectivity index (χ0n) is 26.4. The highest BCUT2D eigenvalue weighted by molar-refractivity contribution is 6.02. The number of hydrogen-bond acceptors (Lipinski definition) is 10. The lowest BCUT2D eigenvalue weighted by atomic mass is 9.68. The van der Waals surface area contributed by atoms with Crippen LogP contribution in [0.5, 0.6) is 0 Å². The Morgan fingerprint density at radius 2 is 1.90 bits per heavy atom. The van der Waals surface area contributed by atoms with Crippen LogP contribution in [0.15, 0.2) is 55.0 Å². The highest BCUT2D eigenvalue weighted by Crippen LogP contribution is 2.47. The summed E-state index contributed by atoms with van der Waals surface area (Å²) in [5.74, 6) is 0.175. The molecule has 10 rings (SSSR count). The van der Waals surface area contributed by atoms with E-state index in [1.807, 2.05) is 16.8 Å². The summed E-state index contributed by atoms with van der Waals surface area (Å²) in [4.78, 5) is 36.8. The van der Waals surface area contributed by atoms with Crippen LogP contribution in [0.25, 0.3) is 44.7 Å². The molecule has 3 aliphatic heterocycles. The molecule has 13 heteroatoms. The highest BCUT2D eigenvalue weighted by atomic mass is 16.5. The van der Waals surface area contributed by atoms with Gasteiger partial charge in [0.25, 0.3) is 5.56 Å². The van der Waals surface area contributed by atoms with Crippen molar-refractivity contribution < 1.29 is 13.6 Å². The monoisotopic (exact) mass is 644 g/mol. The van der Waals surface area contributed by atoms with Gasteiger partial charge in [-0.25, -0.2) is 14.5 Å². The standard InChI is InChI=1S/C35H32N8O5/c1-20-39-40-32(47-20)29-25(9-12-35-10-7-24(8-11-35)46-19-35)38-31-30(33(44)43-14-2-13-42(31)43)28(29)22-4-6-26-27(15-22)48-34(45)41(26)18-23-5-3-21(16-36)17-37-23/h3-6,15,17,24H,2,7-14,18-19H2,1H3. The third-order valence-corrected chi connectivity index (χ3v) is 10.5. The number of hydrogen-bond donors (Lipinski definition) is 0. The molecule has 5 aromatic heterocycles. The maximum Gasteiger partial charge on any atom is 0.420 e. The molecule has 0 amide bonds. The topological polar surface area (TPSA) is 160 Å².